The molecule has 0 aliphatic carbocycles. The normalized spacial score (nSPS) is 13.4. The minimum absolute atomic E-state index is 0.336. The third-order valence-electron chi connectivity index (χ3n) is 1.97. The van der Waals surface area contributed by atoms with Gasteiger partial charge in [0.05, 0.1) is 6.61 Å². The third kappa shape index (κ3) is 6.64. The van der Waals surface area contributed by atoms with Gasteiger partial charge in [0, 0.05) is 0 Å². The van der Waals surface area contributed by atoms with Crippen LogP contribution < -0.4 is 0 Å². The van der Waals surface area contributed by atoms with Gasteiger partial charge in [-0.1, -0.05) is 44.7 Å². The van der Waals surface area contributed by atoms with Crippen molar-refractivity contribution in [1.82, 2.24) is 0 Å². The quantitative estimate of drug-likeness (QED) is 0.543. The van der Waals surface area contributed by atoms with Crippen LogP contribution in [0.15, 0.2) is 0 Å². The zero-order valence-electron chi connectivity index (χ0n) is 7.61. The van der Waals surface area contributed by atoms with E-state index in [-0.39, 0.29) is 0 Å². The number of hydrogen-bond acceptors (Lipinski definition) is 1. The monoisotopic (exact) mass is 178 g/mol. The molecule has 1 atom stereocenters. The van der Waals surface area contributed by atoms with E-state index in [2.05, 4.69) is 13.8 Å². The second-order valence-electron chi connectivity index (χ2n) is 2.90. The van der Waals surface area contributed by atoms with Gasteiger partial charge >= 0.3 is 0 Å². The summed E-state index contributed by atoms with van der Waals surface area (Å²) in [6, 6.07) is 0.336. The van der Waals surface area contributed by atoms with Crippen LogP contribution in [0.1, 0.15) is 39.5 Å². The van der Waals surface area contributed by atoms with Gasteiger partial charge in [-0.25, -0.2) is 0 Å². The Morgan fingerprint density at radius 1 is 1.36 bits per heavy atom. The molecule has 1 nitrogen and oxygen atoms in total. The summed E-state index contributed by atoms with van der Waals surface area (Å²) in [5.74, 6) is 0.716. The highest BCUT2D eigenvalue weighted by Crippen LogP contribution is 2.12. The average molecular weight is 179 g/mol. The second kappa shape index (κ2) is 8.35. The fraction of sp³-hybridized carbons (Fsp3) is 1.00. The van der Waals surface area contributed by atoms with Gasteiger partial charge in [-0.15, -0.1) is 0 Å². The van der Waals surface area contributed by atoms with Gasteiger partial charge in [-0.3, -0.25) is 0 Å². The molecule has 0 heterocycles. The van der Waals surface area contributed by atoms with Crippen molar-refractivity contribution in [3.8, 4) is 0 Å². The zero-order valence-corrected chi connectivity index (χ0v) is 8.36. The number of hydrogen-bond donors (Lipinski definition) is 0. The fourth-order valence-corrected chi connectivity index (χ4v) is 1.20. The van der Waals surface area contributed by atoms with Crippen molar-refractivity contribution in [1.29, 1.82) is 0 Å². The van der Waals surface area contributed by atoms with Gasteiger partial charge in [-0.05, 0) is 12.3 Å². The minimum atomic E-state index is 0.336. The maximum absolute atomic E-state index is 5.41. The van der Waals surface area contributed by atoms with E-state index >= 15 is 0 Å². The lowest BCUT2D eigenvalue weighted by Gasteiger charge is -2.12. The topological polar surface area (TPSA) is 9.23 Å². The van der Waals surface area contributed by atoms with Crippen LogP contribution in [0, 0.1) is 5.92 Å². The van der Waals surface area contributed by atoms with Crippen molar-refractivity contribution >= 4 is 11.6 Å². The Morgan fingerprint density at radius 3 is 2.55 bits per heavy atom. The number of unbranched alkanes of at least 4 members (excludes halogenated alkanes) is 1. The molecule has 0 aliphatic rings. The van der Waals surface area contributed by atoms with E-state index in [4.69, 9.17) is 16.3 Å². The lowest BCUT2D eigenvalue weighted by Crippen LogP contribution is -2.07. The SMILES string of the molecule is CCCCC(CC)COCCl. The van der Waals surface area contributed by atoms with Crippen molar-refractivity contribution in [3.63, 3.8) is 0 Å². The minimum Gasteiger partial charge on any atom is -0.365 e. The van der Waals surface area contributed by atoms with Crippen molar-refractivity contribution in [3.05, 3.63) is 0 Å². The highest BCUT2D eigenvalue weighted by molar-refractivity contribution is 6.17. The summed E-state index contributed by atoms with van der Waals surface area (Å²) < 4.78 is 5.15. The molecule has 1 unspecified atom stereocenters. The van der Waals surface area contributed by atoms with E-state index in [9.17, 15) is 0 Å². The van der Waals surface area contributed by atoms with Gasteiger partial charge in [0.25, 0.3) is 0 Å². The predicted octanol–water partition coefficient (Wildman–Crippen LogP) is 3.42. The number of alkyl halides is 1. The fourth-order valence-electron chi connectivity index (χ4n) is 1.11. The Labute approximate surface area is 75.1 Å². The standard InChI is InChI=1S/C9H19ClO/c1-3-5-6-9(4-2)7-11-8-10/h9H,3-8H2,1-2H3. The molecule has 0 aromatic heterocycles. The van der Waals surface area contributed by atoms with Crippen molar-refractivity contribution in [2.75, 3.05) is 12.7 Å². The van der Waals surface area contributed by atoms with E-state index in [1.807, 2.05) is 0 Å². The lowest BCUT2D eigenvalue weighted by atomic mass is 10.0. The van der Waals surface area contributed by atoms with Crippen LogP contribution in [0.2, 0.25) is 0 Å². The molecule has 0 aromatic carbocycles. The van der Waals surface area contributed by atoms with E-state index in [0.717, 1.165) is 6.61 Å². The molecule has 0 saturated heterocycles. The number of rotatable bonds is 7. The summed E-state index contributed by atoms with van der Waals surface area (Å²) in [6.07, 6.45) is 5.07. The predicted molar refractivity (Wildman–Crippen MR) is 50.0 cm³/mol. The van der Waals surface area contributed by atoms with Crippen LogP contribution >= 0.6 is 11.6 Å². The van der Waals surface area contributed by atoms with Crippen LogP contribution in [0.3, 0.4) is 0 Å². The van der Waals surface area contributed by atoms with E-state index in [1.54, 1.807) is 0 Å². The third-order valence-corrected chi connectivity index (χ3v) is 2.13. The van der Waals surface area contributed by atoms with Crippen LogP contribution in [-0.2, 0) is 4.74 Å². The molecule has 0 spiro atoms. The molecule has 68 valence electrons. The Hall–Kier alpha value is 0.250. The van der Waals surface area contributed by atoms with Crippen LogP contribution in [0.25, 0.3) is 0 Å². The first-order valence-corrected chi connectivity index (χ1v) is 5.02. The van der Waals surface area contributed by atoms with Crippen molar-refractivity contribution in [2.45, 2.75) is 39.5 Å². The Balaban J connectivity index is 3.25. The van der Waals surface area contributed by atoms with Crippen LogP contribution in [-0.4, -0.2) is 12.7 Å². The summed E-state index contributed by atoms with van der Waals surface area (Å²) in [7, 11) is 0. The van der Waals surface area contributed by atoms with Gasteiger partial charge in [0.15, 0.2) is 0 Å². The smallest absolute Gasteiger partial charge is 0.120 e. The average Bonchev–Trinajstić information content (AvgIpc) is 2.05. The first-order valence-electron chi connectivity index (χ1n) is 4.48. The molecule has 0 aromatic rings. The molecule has 2 heteroatoms. The molecular weight excluding hydrogens is 160 g/mol. The maximum atomic E-state index is 5.41. The maximum Gasteiger partial charge on any atom is 0.120 e. The molecule has 0 N–H and O–H groups in total. The van der Waals surface area contributed by atoms with Crippen LogP contribution in [0.5, 0.6) is 0 Å². The van der Waals surface area contributed by atoms with Crippen molar-refractivity contribution < 1.29 is 4.74 Å². The molecular formula is C9H19ClO. The first kappa shape index (κ1) is 11.2. The molecule has 0 bridgehead atoms. The van der Waals surface area contributed by atoms with Crippen LogP contribution in [0.4, 0.5) is 0 Å². The largest absolute Gasteiger partial charge is 0.365 e. The summed E-state index contributed by atoms with van der Waals surface area (Å²) in [5.41, 5.74) is 0. The van der Waals surface area contributed by atoms with Gasteiger partial charge in [0.1, 0.15) is 6.07 Å². The zero-order chi connectivity index (χ0) is 8.53. The lowest BCUT2D eigenvalue weighted by molar-refractivity contribution is 0.129. The van der Waals surface area contributed by atoms with E-state index in [1.165, 1.54) is 25.7 Å². The van der Waals surface area contributed by atoms with Gasteiger partial charge in [-0.2, -0.15) is 0 Å². The first-order chi connectivity index (χ1) is 5.35. The van der Waals surface area contributed by atoms with Crippen molar-refractivity contribution in [2.24, 2.45) is 5.92 Å². The Morgan fingerprint density at radius 2 is 2.09 bits per heavy atom. The molecule has 0 rings (SSSR count). The molecule has 0 aliphatic heterocycles. The summed E-state index contributed by atoms with van der Waals surface area (Å²) in [5, 5.41) is 0. The molecule has 0 fully saturated rings. The highest BCUT2D eigenvalue weighted by Gasteiger charge is 2.04. The molecule has 0 amide bonds. The number of halogens is 1. The summed E-state index contributed by atoms with van der Waals surface area (Å²) >= 11 is 5.41. The van der Waals surface area contributed by atoms with E-state index in [0.29, 0.717) is 12.0 Å². The Bertz CT molecular complexity index is 68.0. The summed E-state index contributed by atoms with van der Waals surface area (Å²) in [6.45, 7) is 5.26. The summed E-state index contributed by atoms with van der Waals surface area (Å²) in [4.78, 5) is 0. The van der Waals surface area contributed by atoms with Gasteiger partial charge < -0.3 is 4.74 Å². The van der Waals surface area contributed by atoms with E-state index < -0.39 is 0 Å². The second-order valence-corrected chi connectivity index (χ2v) is 3.11. The Kier molecular flexibility index (Phi) is 8.54. The molecule has 0 saturated carbocycles. The van der Waals surface area contributed by atoms with Gasteiger partial charge in [0.2, 0.25) is 0 Å². The number of ether oxygens (including phenoxy) is 1. The molecule has 0 radical (unpaired) electrons. The molecule has 11 heavy (non-hydrogen) atoms. The highest BCUT2D eigenvalue weighted by atomic mass is 35.5.